The molecule has 0 spiro atoms. The fourth-order valence-corrected chi connectivity index (χ4v) is 3.16. The fourth-order valence-electron chi connectivity index (χ4n) is 2.94. The number of carbonyl (C=O) groups excluding carboxylic acids is 2. The number of pyridine rings is 1. The van der Waals surface area contributed by atoms with E-state index >= 15 is 0 Å². The lowest BCUT2D eigenvalue weighted by atomic mass is 10.1. The van der Waals surface area contributed by atoms with Crippen LogP contribution in [0.1, 0.15) is 17.5 Å². The second kappa shape index (κ2) is 9.45. The smallest absolute Gasteiger partial charge is 0.245 e. The Balaban J connectivity index is 1.59. The summed E-state index contributed by atoms with van der Waals surface area (Å²) in [5.41, 5.74) is 3.06. The maximum Gasteiger partial charge on any atom is 0.245 e. The highest BCUT2D eigenvalue weighted by Crippen LogP contribution is 2.18. The molecule has 0 bridgehead atoms. The molecular formula is C21H24N6O2S. The van der Waals surface area contributed by atoms with Crippen LogP contribution in [0.4, 0.5) is 5.82 Å². The average Bonchev–Trinajstić information content (AvgIpc) is 3.07. The third-order valence-corrected chi connectivity index (χ3v) is 4.92. The van der Waals surface area contributed by atoms with E-state index in [-0.39, 0.29) is 24.8 Å². The van der Waals surface area contributed by atoms with Gasteiger partial charge in [0.15, 0.2) is 10.6 Å². The van der Waals surface area contributed by atoms with E-state index < -0.39 is 0 Å². The van der Waals surface area contributed by atoms with Crippen molar-refractivity contribution in [3.63, 3.8) is 0 Å². The summed E-state index contributed by atoms with van der Waals surface area (Å²) in [7, 11) is 1.60. The summed E-state index contributed by atoms with van der Waals surface area (Å²) in [4.78, 5) is 30.2. The predicted octanol–water partition coefficient (Wildman–Crippen LogP) is 3.11. The number of hydrogen-bond donors (Lipinski definition) is 2. The molecule has 0 atom stereocenters. The minimum Gasteiger partial charge on any atom is -0.336 e. The Hall–Kier alpha value is -3.33. The van der Waals surface area contributed by atoms with Crippen molar-refractivity contribution in [2.45, 2.75) is 26.8 Å². The minimum atomic E-state index is -0.302. The van der Waals surface area contributed by atoms with E-state index in [0.29, 0.717) is 23.0 Å². The summed E-state index contributed by atoms with van der Waals surface area (Å²) in [6.07, 6.45) is 1.82. The van der Waals surface area contributed by atoms with E-state index in [2.05, 4.69) is 20.5 Å². The van der Waals surface area contributed by atoms with Crippen LogP contribution in [0.5, 0.6) is 0 Å². The average molecular weight is 425 g/mol. The van der Waals surface area contributed by atoms with Crippen LogP contribution in [0.2, 0.25) is 0 Å². The molecular weight excluding hydrogens is 400 g/mol. The Morgan fingerprint density at radius 1 is 1.17 bits per heavy atom. The highest BCUT2D eigenvalue weighted by Gasteiger charge is 2.15. The molecule has 30 heavy (non-hydrogen) atoms. The van der Waals surface area contributed by atoms with E-state index in [1.807, 2.05) is 44.2 Å². The van der Waals surface area contributed by atoms with Gasteiger partial charge in [0.25, 0.3) is 0 Å². The number of hydrogen-bond acceptors (Lipinski definition) is 5. The number of aryl methyl sites for hydroxylation is 2. The molecule has 2 aromatic heterocycles. The Bertz CT molecular complexity index is 1100. The Kier molecular flexibility index (Phi) is 6.73. The van der Waals surface area contributed by atoms with Gasteiger partial charge in [0.05, 0.1) is 6.54 Å². The number of aromatic nitrogens is 4. The van der Waals surface area contributed by atoms with Gasteiger partial charge in [0.1, 0.15) is 5.82 Å². The molecule has 0 saturated carbocycles. The van der Waals surface area contributed by atoms with E-state index in [9.17, 15) is 9.59 Å². The zero-order valence-corrected chi connectivity index (χ0v) is 18.0. The molecule has 0 unspecified atom stereocenters. The molecule has 2 N–H and O–H groups in total. The third kappa shape index (κ3) is 5.38. The van der Waals surface area contributed by atoms with Crippen molar-refractivity contribution in [1.82, 2.24) is 24.6 Å². The number of nitrogens with one attached hydrogen (secondary N) is 2. The van der Waals surface area contributed by atoms with E-state index in [0.717, 1.165) is 16.7 Å². The van der Waals surface area contributed by atoms with Gasteiger partial charge in [-0.25, -0.2) is 4.98 Å². The summed E-state index contributed by atoms with van der Waals surface area (Å²) in [6.45, 7) is 4.23. The van der Waals surface area contributed by atoms with Crippen LogP contribution in [-0.4, -0.2) is 50.1 Å². The number of amides is 2. The van der Waals surface area contributed by atoms with Gasteiger partial charge in [-0.05, 0) is 43.8 Å². The number of rotatable bonds is 7. The van der Waals surface area contributed by atoms with Crippen LogP contribution in [0.25, 0.3) is 11.4 Å². The third-order valence-electron chi connectivity index (χ3n) is 4.61. The van der Waals surface area contributed by atoms with Crippen molar-refractivity contribution in [1.29, 1.82) is 0 Å². The van der Waals surface area contributed by atoms with Crippen molar-refractivity contribution in [2.24, 2.45) is 0 Å². The molecule has 9 heteroatoms. The van der Waals surface area contributed by atoms with Crippen LogP contribution >= 0.6 is 12.2 Å². The minimum absolute atomic E-state index is 0.0595. The molecule has 0 saturated heterocycles. The number of benzene rings is 1. The molecule has 0 fully saturated rings. The van der Waals surface area contributed by atoms with Crippen molar-refractivity contribution < 1.29 is 9.59 Å². The summed E-state index contributed by atoms with van der Waals surface area (Å²) in [6, 6.07) is 11.5. The number of anilines is 1. The Labute approximate surface area is 180 Å². The molecule has 0 aliphatic rings. The lowest BCUT2D eigenvalue weighted by Gasteiger charge is -2.17. The van der Waals surface area contributed by atoms with Gasteiger partial charge in [0.2, 0.25) is 11.8 Å². The molecule has 2 heterocycles. The summed E-state index contributed by atoms with van der Waals surface area (Å²) in [5, 5.41) is 9.78. The topological polar surface area (TPSA) is 95.9 Å². The van der Waals surface area contributed by atoms with Gasteiger partial charge < -0.3 is 10.2 Å². The highest BCUT2D eigenvalue weighted by molar-refractivity contribution is 7.71. The summed E-state index contributed by atoms with van der Waals surface area (Å²) >= 11 is 5.32. The molecule has 156 valence electrons. The monoisotopic (exact) mass is 424 g/mol. The number of carbonyl (C=O) groups is 2. The maximum absolute atomic E-state index is 12.5. The zero-order valence-electron chi connectivity index (χ0n) is 17.2. The first-order chi connectivity index (χ1) is 14.3. The molecule has 0 aliphatic carbocycles. The highest BCUT2D eigenvalue weighted by atomic mass is 32.1. The van der Waals surface area contributed by atoms with E-state index in [4.69, 9.17) is 12.2 Å². The molecule has 0 aliphatic heterocycles. The number of nitrogens with zero attached hydrogens (tertiary/aromatic N) is 4. The van der Waals surface area contributed by atoms with E-state index in [1.165, 1.54) is 4.90 Å². The number of aromatic amines is 1. The van der Waals surface area contributed by atoms with Gasteiger partial charge in [-0.15, -0.1) is 0 Å². The van der Waals surface area contributed by atoms with Crippen LogP contribution in [0.3, 0.4) is 0 Å². The van der Waals surface area contributed by atoms with Crippen LogP contribution in [0, 0.1) is 18.6 Å². The van der Waals surface area contributed by atoms with Crippen molar-refractivity contribution in [2.75, 3.05) is 18.9 Å². The first kappa shape index (κ1) is 21.4. The van der Waals surface area contributed by atoms with Gasteiger partial charge >= 0.3 is 0 Å². The van der Waals surface area contributed by atoms with Crippen LogP contribution < -0.4 is 5.32 Å². The van der Waals surface area contributed by atoms with Crippen molar-refractivity contribution in [3.8, 4) is 11.4 Å². The lowest BCUT2D eigenvalue weighted by molar-refractivity contribution is -0.133. The van der Waals surface area contributed by atoms with Crippen molar-refractivity contribution >= 4 is 29.9 Å². The summed E-state index contributed by atoms with van der Waals surface area (Å²) in [5.74, 6) is 0.677. The van der Waals surface area contributed by atoms with Gasteiger partial charge in [0, 0.05) is 31.8 Å². The van der Waals surface area contributed by atoms with Gasteiger partial charge in [-0.3, -0.25) is 19.3 Å². The number of likely N-dealkylation sites (N-methyl/N-ethyl adjacent to an activating group) is 1. The molecule has 8 nitrogen and oxygen atoms in total. The van der Waals surface area contributed by atoms with E-state index in [1.54, 1.807) is 23.9 Å². The molecule has 3 rings (SSSR count). The molecule has 3 aromatic rings. The second-order valence-corrected chi connectivity index (χ2v) is 7.52. The van der Waals surface area contributed by atoms with Gasteiger partial charge in [-0.2, -0.15) is 5.10 Å². The normalized spacial score (nSPS) is 10.6. The number of H-pyrrole nitrogens is 1. The Morgan fingerprint density at radius 3 is 2.60 bits per heavy atom. The standard InChI is InChI=1S/C21H24N6O2S/c1-14-4-6-16(7-5-14)20-24-25-21(30)27(20)11-9-19(29)26(3)13-18(28)23-17-12-15(2)8-10-22-17/h4-8,10,12H,9,11,13H2,1-3H3,(H,25,30)(H,22,23,28). The molecule has 1 aromatic carbocycles. The zero-order chi connectivity index (χ0) is 21.7. The SMILES string of the molecule is Cc1ccc(-c2n[nH]c(=S)n2CCC(=O)N(C)CC(=O)Nc2cc(C)ccn2)cc1. The first-order valence-electron chi connectivity index (χ1n) is 9.52. The second-order valence-electron chi connectivity index (χ2n) is 7.14. The Morgan fingerprint density at radius 2 is 1.90 bits per heavy atom. The first-order valence-corrected chi connectivity index (χ1v) is 9.93. The van der Waals surface area contributed by atoms with Crippen LogP contribution in [0.15, 0.2) is 42.6 Å². The molecule has 0 radical (unpaired) electrons. The van der Waals surface area contributed by atoms with Crippen molar-refractivity contribution in [3.05, 3.63) is 58.5 Å². The van der Waals surface area contributed by atoms with Gasteiger partial charge in [-0.1, -0.05) is 29.8 Å². The predicted molar refractivity (Wildman–Crippen MR) is 117 cm³/mol. The van der Waals surface area contributed by atoms with Crippen LogP contribution in [-0.2, 0) is 16.1 Å². The maximum atomic E-state index is 12.5. The fraction of sp³-hybridized carbons (Fsp3) is 0.286. The summed E-state index contributed by atoms with van der Waals surface area (Å²) < 4.78 is 2.24. The quantitative estimate of drug-likeness (QED) is 0.568. The molecule has 2 amide bonds. The lowest BCUT2D eigenvalue weighted by Crippen LogP contribution is -2.35. The largest absolute Gasteiger partial charge is 0.336 e.